The van der Waals surface area contributed by atoms with Gasteiger partial charge in [-0.1, -0.05) is 47.7 Å². The summed E-state index contributed by atoms with van der Waals surface area (Å²) in [5.74, 6) is 0.543. The average molecular weight is 288 g/mol. The van der Waals surface area contributed by atoms with Crippen LogP contribution in [0.4, 0.5) is 0 Å². The van der Waals surface area contributed by atoms with Gasteiger partial charge in [0.25, 0.3) is 0 Å². The van der Waals surface area contributed by atoms with E-state index in [0.29, 0.717) is 12.0 Å². The lowest BCUT2D eigenvalue weighted by Gasteiger charge is -2.27. The Labute approximate surface area is 103 Å². The first-order valence-corrected chi connectivity index (χ1v) is 9.79. The minimum atomic E-state index is -1.18. The van der Waals surface area contributed by atoms with Crippen LogP contribution in [-0.4, -0.2) is 33.1 Å². The maximum Gasteiger partial charge on any atom is 0.0786 e. The fourth-order valence-corrected chi connectivity index (χ4v) is 5.78. The third-order valence-electron chi connectivity index (χ3n) is 3.16. The maximum atomic E-state index is 3.80. The number of hydrogen-bond donors (Lipinski definition) is 0. The van der Waals surface area contributed by atoms with Gasteiger partial charge in [0.2, 0.25) is 0 Å². The van der Waals surface area contributed by atoms with E-state index >= 15 is 0 Å². The molecule has 0 saturated carbocycles. The smallest absolute Gasteiger partial charge is 0.0786 e. The molecule has 1 aliphatic rings. The van der Waals surface area contributed by atoms with Crippen molar-refractivity contribution < 1.29 is 0 Å². The van der Waals surface area contributed by atoms with Gasteiger partial charge in [-0.2, -0.15) is 0 Å². The quantitative estimate of drug-likeness (QED) is 0.717. The second kappa shape index (κ2) is 4.56. The van der Waals surface area contributed by atoms with Crippen LogP contribution >= 0.6 is 15.9 Å². The molecule has 3 heteroatoms. The van der Waals surface area contributed by atoms with E-state index in [0.717, 1.165) is 0 Å². The summed E-state index contributed by atoms with van der Waals surface area (Å²) < 4.78 is 1.42. The monoisotopic (exact) mass is 287 g/mol. The number of hydrogen-bond acceptors (Lipinski definition) is 1. The van der Waals surface area contributed by atoms with Gasteiger partial charge in [0.1, 0.15) is 0 Å². The van der Waals surface area contributed by atoms with Crippen molar-refractivity contribution in [3.05, 3.63) is 21.8 Å². The molecule has 0 aliphatic heterocycles. The summed E-state index contributed by atoms with van der Waals surface area (Å²) in [6.45, 7) is 9.48. The number of halogens is 1. The molecule has 0 fully saturated rings. The van der Waals surface area contributed by atoms with E-state index in [1.165, 1.54) is 4.48 Å². The van der Waals surface area contributed by atoms with Crippen LogP contribution in [0.5, 0.6) is 0 Å². The zero-order valence-electron chi connectivity index (χ0n) is 10.6. The summed E-state index contributed by atoms with van der Waals surface area (Å²) in [5.41, 5.74) is 0. The molecule has 86 valence electrons. The molecule has 0 aromatic heterocycles. The van der Waals surface area contributed by atoms with Crippen molar-refractivity contribution >= 4 is 24.0 Å². The first kappa shape index (κ1) is 13.2. The van der Waals surface area contributed by atoms with E-state index in [4.69, 9.17) is 0 Å². The van der Waals surface area contributed by atoms with Crippen molar-refractivity contribution in [1.29, 1.82) is 0 Å². The van der Waals surface area contributed by atoms with E-state index < -0.39 is 8.07 Å². The van der Waals surface area contributed by atoms with Gasteiger partial charge in [0.05, 0.1) is 8.07 Å². The second-order valence-electron chi connectivity index (χ2n) is 5.60. The van der Waals surface area contributed by atoms with Gasteiger partial charge in [-0.05, 0) is 26.2 Å². The van der Waals surface area contributed by atoms with Crippen molar-refractivity contribution in [3.63, 3.8) is 0 Å². The van der Waals surface area contributed by atoms with Gasteiger partial charge in [-0.15, -0.1) is 0 Å². The molecular formula is C12H22BrNSi. The molecule has 0 radical (unpaired) electrons. The summed E-state index contributed by atoms with van der Waals surface area (Å²) >= 11 is 3.80. The van der Waals surface area contributed by atoms with E-state index in [2.05, 4.69) is 73.6 Å². The molecular weight excluding hydrogens is 266 g/mol. The van der Waals surface area contributed by atoms with Crippen molar-refractivity contribution in [2.45, 2.75) is 32.6 Å². The zero-order chi connectivity index (χ0) is 11.8. The molecule has 0 bridgehead atoms. The van der Waals surface area contributed by atoms with Crippen LogP contribution in [0.3, 0.4) is 0 Å². The molecule has 0 aromatic carbocycles. The van der Waals surface area contributed by atoms with E-state index in [9.17, 15) is 0 Å². The maximum absolute atomic E-state index is 3.80. The Morgan fingerprint density at radius 2 is 1.87 bits per heavy atom. The van der Waals surface area contributed by atoms with Gasteiger partial charge in [0, 0.05) is 16.4 Å². The molecule has 1 nitrogen and oxygen atoms in total. The predicted octanol–water partition coefficient (Wildman–Crippen LogP) is 3.65. The van der Waals surface area contributed by atoms with Gasteiger partial charge in [-0.25, -0.2) is 0 Å². The van der Waals surface area contributed by atoms with Crippen LogP contribution in [0.25, 0.3) is 0 Å². The highest BCUT2D eigenvalue weighted by molar-refractivity contribution is 9.11. The molecule has 15 heavy (non-hydrogen) atoms. The Bertz CT molecular complexity index is 299. The third kappa shape index (κ3) is 2.83. The highest BCUT2D eigenvalue weighted by Gasteiger charge is 2.30. The standard InChI is InChI=1S/C12H22BrNSi/c1-9(14(2)3)10-7-8-11(12(10)13)15(4,5)6/h7-10H,1-6H3/t9-,10?/m1/s1. The van der Waals surface area contributed by atoms with Crippen LogP contribution in [-0.2, 0) is 0 Å². The Kier molecular flexibility index (Phi) is 4.01. The normalized spacial score (nSPS) is 24.1. The van der Waals surface area contributed by atoms with Crippen LogP contribution in [0.2, 0.25) is 19.6 Å². The molecule has 0 heterocycles. The lowest BCUT2D eigenvalue weighted by molar-refractivity contribution is 0.281. The first-order valence-electron chi connectivity index (χ1n) is 5.50. The van der Waals surface area contributed by atoms with Crippen LogP contribution < -0.4 is 0 Å². The fraction of sp³-hybridized carbons (Fsp3) is 0.667. The minimum absolute atomic E-state index is 0.543. The van der Waals surface area contributed by atoms with E-state index in [1.54, 1.807) is 5.20 Å². The number of rotatable bonds is 3. The lowest BCUT2D eigenvalue weighted by atomic mass is 10.0. The number of allylic oxidation sites excluding steroid dienone is 2. The van der Waals surface area contributed by atoms with Crippen molar-refractivity contribution in [1.82, 2.24) is 4.90 Å². The Morgan fingerprint density at radius 1 is 1.33 bits per heavy atom. The molecule has 2 atom stereocenters. The van der Waals surface area contributed by atoms with Crippen molar-refractivity contribution in [3.8, 4) is 0 Å². The van der Waals surface area contributed by atoms with Gasteiger partial charge in [0.15, 0.2) is 0 Å². The molecule has 0 aromatic rings. The minimum Gasteiger partial charge on any atom is -0.306 e. The zero-order valence-corrected chi connectivity index (χ0v) is 13.2. The van der Waals surface area contributed by atoms with Crippen LogP contribution in [0.15, 0.2) is 21.8 Å². The Morgan fingerprint density at radius 3 is 2.20 bits per heavy atom. The SMILES string of the molecule is C[C@H](C1C=CC([Si](C)(C)C)=C1Br)N(C)C. The lowest BCUT2D eigenvalue weighted by Crippen LogP contribution is -2.32. The molecule has 1 aliphatic carbocycles. The molecule has 1 rings (SSSR count). The summed E-state index contributed by atoms with van der Waals surface area (Å²) in [7, 11) is 3.11. The van der Waals surface area contributed by atoms with Crippen LogP contribution in [0.1, 0.15) is 6.92 Å². The predicted molar refractivity (Wildman–Crippen MR) is 75.1 cm³/mol. The van der Waals surface area contributed by atoms with E-state index in [-0.39, 0.29) is 0 Å². The van der Waals surface area contributed by atoms with Gasteiger partial charge < -0.3 is 4.90 Å². The highest BCUT2D eigenvalue weighted by atomic mass is 79.9. The topological polar surface area (TPSA) is 3.24 Å². The molecule has 0 spiro atoms. The fourth-order valence-electron chi connectivity index (χ4n) is 1.85. The number of nitrogens with zero attached hydrogens (tertiary/aromatic N) is 1. The van der Waals surface area contributed by atoms with Crippen LogP contribution in [0, 0.1) is 5.92 Å². The van der Waals surface area contributed by atoms with Crippen molar-refractivity contribution in [2.75, 3.05) is 14.1 Å². The molecule has 1 unspecified atom stereocenters. The van der Waals surface area contributed by atoms with Gasteiger partial charge in [-0.3, -0.25) is 0 Å². The highest BCUT2D eigenvalue weighted by Crippen LogP contribution is 2.37. The summed E-state index contributed by atoms with van der Waals surface area (Å²) in [4.78, 5) is 2.28. The average Bonchev–Trinajstić information content (AvgIpc) is 2.44. The first-order chi connectivity index (χ1) is 6.75. The second-order valence-corrected chi connectivity index (χ2v) is 11.5. The summed E-state index contributed by atoms with van der Waals surface area (Å²) in [6, 6.07) is 0.560. The Balaban J connectivity index is 2.94. The Hall–Kier alpha value is 0.137. The molecule has 0 N–H and O–H groups in total. The molecule has 0 saturated heterocycles. The largest absolute Gasteiger partial charge is 0.306 e. The van der Waals surface area contributed by atoms with Gasteiger partial charge >= 0.3 is 0 Å². The summed E-state index contributed by atoms with van der Waals surface area (Å²) in [5, 5.41) is 1.57. The van der Waals surface area contributed by atoms with Crippen molar-refractivity contribution in [2.24, 2.45) is 5.92 Å². The summed E-state index contributed by atoms with van der Waals surface area (Å²) in [6.07, 6.45) is 4.68. The molecule has 0 amide bonds. The third-order valence-corrected chi connectivity index (χ3v) is 6.54. The van der Waals surface area contributed by atoms with E-state index in [1.807, 2.05) is 0 Å².